The molecule has 8 heteroatoms. The van der Waals surface area contributed by atoms with Crippen molar-refractivity contribution in [3.8, 4) is 10.7 Å². The summed E-state index contributed by atoms with van der Waals surface area (Å²) >= 11 is 1.57. The highest BCUT2D eigenvalue weighted by Gasteiger charge is 2.36. The molecule has 1 atom stereocenters. The average molecular weight is 367 g/mol. The number of hydrogen-bond donors (Lipinski definition) is 1. The molecule has 3 aromatic heterocycles. The molecule has 1 unspecified atom stereocenters. The molecule has 4 rings (SSSR count). The number of nitrogens with one attached hydrogen (secondary N) is 1. The molecule has 1 aliphatic heterocycles. The Bertz CT molecular complexity index is 963. The molecular formula is C18H17N5O2S. The number of rotatable bonds is 4. The van der Waals surface area contributed by atoms with E-state index in [4.69, 9.17) is 4.74 Å². The Morgan fingerprint density at radius 1 is 1.35 bits per heavy atom. The first-order valence-corrected chi connectivity index (χ1v) is 9.13. The fourth-order valence-corrected chi connectivity index (χ4v) is 3.60. The lowest BCUT2D eigenvalue weighted by Gasteiger charge is -2.27. The lowest BCUT2D eigenvalue weighted by molar-refractivity contribution is -0.139. The fourth-order valence-electron chi connectivity index (χ4n) is 2.95. The van der Waals surface area contributed by atoms with Crippen LogP contribution in [-0.4, -0.2) is 32.3 Å². The van der Waals surface area contributed by atoms with Crippen LogP contribution in [0.3, 0.4) is 0 Å². The van der Waals surface area contributed by atoms with Crippen LogP contribution in [0.2, 0.25) is 0 Å². The molecule has 1 N–H and O–H groups in total. The molecule has 0 aromatic carbocycles. The smallest absolute Gasteiger partial charge is 0.338 e. The van der Waals surface area contributed by atoms with Gasteiger partial charge in [-0.05, 0) is 37.4 Å². The Hall–Kier alpha value is -3.00. The van der Waals surface area contributed by atoms with Crippen molar-refractivity contribution >= 4 is 23.3 Å². The molecule has 0 saturated heterocycles. The molecule has 0 aliphatic carbocycles. The molecule has 26 heavy (non-hydrogen) atoms. The minimum atomic E-state index is -0.493. The van der Waals surface area contributed by atoms with Gasteiger partial charge in [-0.1, -0.05) is 12.1 Å². The van der Waals surface area contributed by atoms with E-state index in [-0.39, 0.29) is 5.97 Å². The van der Waals surface area contributed by atoms with E-state index in [0.29, 0.717) is 35.3 Å². The van der Waals surface area contributed by atoms with Gasteiger partial charge in [0.25, 0.3) is 0 Å². The lowest BCUT2D eigenvalue weighted by Crippen LogP contribution is -2.30. The molecule has 0 bridgehead atoms. The van der Waals surface area contributed by atoms with Crippen LogP contribution in [0.1, 0.15) is 25.6 Å². The molecule has 0 fully saturated rings. The Morgan fingerprint density at radius 3 is 2.92 bits per heavy atom. The van der Waals surface area contributed by atoms with Crippen molar-refractivity contribution in [3.05, 3.63) is 58.9 Å². The van der Waals surface area contributed by atoms with Gasteiger partial charge in [-0.3, -0.25) is 4.98 Å². The van der Waals surface area contributed by atoms with Crippen LogP contribution in [0.5, 0.6) is 0 Å². The highest BCUT2D eigenvalue weighted by Crippen LogP contribution is 2.36. The number of fused-ring (bicyclic) bond motifs is 1. The predicted octanol–water partition coefficient (Wildman–Crippen LogP) is 3.25. The van der Waals surface area contributed by atoms with Gasteiger partial charge in [0.05, 0.1) is 22.8 Å². The van der Waals surface area contributed by atoms with E-state index >= 15 is 0 Å². The summed E-state index contributed by atoms with van der Waals surface area (Å²) in [5, 5.41) is 9.80. The third-order valence-electron chi connectivity index (χ3n) is 4.06. The molecule has 0 radical (unpaired) electrons. The van der Waals surface area contributed by atoms with Crippen LogP contribution in [0.4, 0.5) is 5.95 Å². The monoisotopic (exact) mass is 367 g/mol. The summed E-state index contributed by atoms with van der Waals surface area (Å²) in [5.74, 6) is 0.808. The number of esters is 1. The second-order valence-corrected chi connectivity index (χ2v) is 6.67. The van der Waals surface area contributed by atoms with Gasteiger partial charge >= 0.3 is 5.97 Å². The first-order chi connectivity index (χ1) is 12.7. The van der Waals surface area contributed by atoms with Crippen LogP contribution in [0.25, 0.3) is 10.7 Å². The molecule has 7 nitrogen and oxygen atoms in total. The fraction of sp³-hybridized carbons (Fsp3) is 0.222. The topological polar surface area (TPSA) is 81.9 Å². The lowest BCUT2D eigenvalue weighted by atomic mass is 10.00. The maximum absolute atomic E-state index is 12.6. The first-order valence-electron chi connectivity index (χ1n) is 8.25. The number of anilines is 1. The summed E-state index contributed by atoms with van der Waals surface area (Å²) in [7, 11) is 0. The number of carbonyl (C=O) groups is 1. The van der Waals surface area contributed by atoms with Gasteiger partial charge in [0, 0.05) is 11.9 Å². The molecular weight excluding hydrogens is 350 g/mol. The van der Waals surface area contributed by atoms with E-state index in [1.54, 1.807) is 29.1 Å². The molecule has 0 saturated carbocycles. The van der Waals surface area contributed by atoms with Crippen LogP contribution in [0, 0.1) is 0 Å². The van der Waals surface area contributed by atoms with Crippen molar-refractivity contribution in [2.24, 2.45) is 0 Å². The van der Waals surface area contributed by atoms with Crippen molar-refractivity contribution < 1.29 is 9.53 Å². The minimum absolute atomic E-state index is 0.301. The summed E-state index contributed by atoms with van der Waals surface area (Å²) in [6, 6.07) is 9.03. The van der Waals surface area contributed by atoms with E-state index in [9.17, 15) is 4.79 Å². The predicted molar refractivity (Wildman–Crippen MR) is 98.7 cm³/mol. The SMILES string of the molecule is CCOC(=O)C1=C(C)Nc2nc(-c3cccs3)nn2C1c1ccccn1. The average Bonchev–Trinajstić information content (AvgIpc) is 3.30. The van der Waals surface area contributed by atoms with Crippen molar-refractivity contribution in [2.75, 3.05) is 11.9 Å². The Labute approximate surface area is 154 Å². The summed E-state index contributed by atoms with van der Waals surface area (Å²) in [4.78, 5) is 22.6. The van der Waals surface area contributed by atoms with E-state index in [0.717, 1.165) is 4.88 Å². The summed E-state index contributed by atoms with van der Waals surface area (Å²) in [5.41, 5.74) is 1.89. The number of carbonyl (C=O) groups excluding carboxylic acids is 1. The zero-order valence-electron chi connectivity index (χ0n) is 14.3. The number of pyridine rings is 1. The number of nitrogens with zero attached hydrogens (tertiary/aromatic N) is 4. The summed E-state index contributed by atoms with van der Waals surface area (Å²) in [6.45, 7) is 3.93. The van der Waals surface area contributed by atoms with Crippen molar-refractivity contribution in [1.82, 2.24) is 19.7 Å². The van der Waals surface area contributed by atoms with Crippen molar-refractivity contribution in [2.45, 2.75) is 19.9 Å². The van der Waals surface area contributed by atoms with Crippen LogP contribution in [-0.2, 0) is 9.53 Å². The zero-order chi connectivity index (χ0) is 18.1. The molecule has 4 heterocycles. The number of ether oxygens (including phenoxy) is 1. The second kappa shape index (κ2) is 6.72. The molecule has 0 spiro atoms. The Kier molecular flexibility index (Phi) is 4.26. The third-order valence-corrected chi connectivity index (χ3v) is 4.92. The normalized spacial score (nSPS) is 16.2. The van der Waals surface area contributed by atoms with Crippen molar-refractivity contribution in [3.63, 3.8) is 0 Å². The highest BCUT2D eigenvalue weighted by molar-refractivity contribution is 7.13. The van der Waals surface area contributed by atoms with Gasteiger partial charge in [-0.2, -0.15) is 4.98 Å². The maximum Gasteiger partial charge on any atom is 0.338 e. The second-order valence-electron chi connectivity index (χ2n) is 5.72. The van der Waals surface area contributed by atoms with E-state index in [2.05, 4.69) is 20.4 Å². The largest absolute Gasteiger partial charge is 0.463 e. The van der Waals surface area contributed by atoms with Gasteiger partial charge in [0.15, 0.2) is 5.82 Å². The molecule has 132 valence electrons. The molecule has 0 amide bonds. The standard InChI is InChI=1S/C18H17N5O2S/c1-3-25-17(24)14-11(2)20-18-21-16(13-8-6-10-26-13)22-23(18)15(14)12-7-4-5-9-19-12/h4-10,15H,3H2,1-2H3,(H,20,21,22). The molecule has 1 aliphatic rings. The number of aromatic nitrogens is 4. The van der Waals surface area contributed by atoms with Gasteiger partial charge in [0.1, 0.15) is 6.04 Å². The van der Waals surface area contributed by atoms with Gasteiger partial charge in [-0.15, -0.1) is 16.4 Å². The summed E-state index contributed by atoms with van der Waals surface area (Å²) < 4.78 is 6.98. The van der Waals surface area contributed by atoms with Gasteiger partial charge < -0.3 is 10.1 Å². The number of thiophene rings is 1. The Morgan fingerprint density at radius 2 is 2.23 bits per heavy atom. The Balaban J connectivity index is 1.86. The van der Waals surface area contributed by atoms with E-state index in [1.807, 2.05) is 42.6 Å². The third kappa shape index (κ3) is 2.78. The van der Waals surface area contributed by atoms with Crippen molar-refractivity contribution in [1.29, 1.82) is 0 Å². The maximum atomic E-state index is 12.6. The highest BCUT2D eigenvalue weighted by atomic mass is 32.1. The zero-order valence-corrected chi connectivity index (χ0v) is 15.2. The first kappa shape index (κ1) is 16.5. The van der Waals surface area contributed by atoms with E-state index in [1.165, 1.54) is 0 Å². The van der Waals surface area contributed by atoms with Crippen LogP contribution in [0.15, 0.2) is 53.2 Å². The summed E-state index contributed by atoms with van der Waals surface area (Å²) in [6.07, 6.45) is 1.70. The van der Waals surface area contributed by atoms with Crippen LogP contribution < -0.4 is 5.32 Å². The quantitative estimate of drug-likeness (QED) is 0.713. The minimum Gasteiger partial charge on any atom is -0.463 e. The van der Waals surface area contributed by atoms with Gasteiger partial charge in [0.2, 0.25) is 5.95 Å². The number of hydrogen-bond acceptors (Lipinski definition) is 7. The number of allylic oxidation sites excluding steroid dienone is 1. The van der Waals surface area contributed by atoms with Crippen LogP contribution >= 0.6 is 11.3 Å². The van der Waals surface area contributed by atoms with E-state index < -0.39 is 6.04 Å². The molecule has 3 aromatic rings. The van der Waals surface area contributed by atoms with Gasteiger partial charge in [-0.25, -0.2) is 9.48 Å².